The van der Waals surface area contributed by atoms with Gasteiger partial charge in [-0.15, -0.1) is 0 Å². The molecule has 55 heavy (non-hydrogen) atoms. The Balaban J connectivity index is 1.30. The topological polar surface area (TPSA) is 90.6 Å². The Kier molecular flexibility index (Phi) is 13.7. The Morgan fingerprint density at radius 1 is 0.655 bits per heavy atom. The van der Waals surface area contributed by atoms with Crippen LogP contribution in [0.25, 0.3) is 0 Å². The van der Waals surface area contributed by atoms with E-state index < -0.39 is 30.0 Å². The summed E-state index contributed by atoms with van der Waals surface area (Å²) in [4.78, 5) is 0. The van der Waals surface area contributed by atoms with Crippen LogP contribution in [0, 0.1) is 0 Å². The number of ether oxygens (including phenoxy) is 7. The first kappa shape index (κ1) is 39.2. The largest absolute Gasteiger partial charge is 0.494 e. The Morgan fingerprint density at radius 3 is 1.76 bits per heavy atom. The molecule has 4 atom stereocenters. The van der Waals surface area contributed by atoms with Crippen LogP contribution in [0.15, 0.2) is 133 Å². The van der Waals surface area contributed by atoms with Crippen molar-refractivity contribution in [3.63, 3.8) is 0 Å². The lowest BCUT2D eigenvalue weighted by atomic mass is 9.82. The van der Waals surface area contributed by atoms with Gasteiger partial charge in [-0.1, -0.05) is 127 Å². The highest BCUT2D eigenvalue weighted by atomic mass is 35.5. The summed E-state index contributed by atoms with van der Waals surface area (Å²) < 4.78 is 46.7. The predicted molar refractivity (Wildman–Crippen MR) is 213 cm³/mol. The van der Waals surface area contributed by atoms with Crippen LogP contribution in [0.1, 0.15) is 46.4 Å². The molecule has 9 heteroatoms. The molecular formula is C46H50ClNO7. The number of hydrogen-bond donors (Lipinski definition) is 1. The summed E-state index contributed by atoms with van der Waals surface area (Å²) >= 11 is 6.91. The molecule has 8 nitrogen and oxygen atoms in total. The highest BCUT2D eigenvalue weighted by Gasteiger charge is 2.58. The number of halogens is 1. The minimum atomic E-state index is -1.08. The number of rotatable bonds is 14. The van der Waals surface area contributed by atoms with Crippen molar-refractivity contribution < 1.29 is 33.2 Å². The van der Waals surface area contributed by atoms with E-state index in [-0.39, 0.29) is 19.3 Å². The third-order valence-electron chi connectivity index (χ3n) is 10.0. The quantitative estimate of drug-likeness (QED) is 0.121. The molecule has 7 rings (SSSR count). The first-order valence-corrected chi connectivity index (χ1v) is 19.4. The van der Waals surface area contributed by atoms with Crippen molar-refractivity contribution in [1.29, 1.82) is 0 Å². The van der Waals surface area contributed by atoms with Gasteiger partial charge in [0.2, 0.25) is 0 Å². The minimum absolute atomic E-state index is 0.180. The lowest BCUT2D eigenvalue weighted by Gasteiger charge is -2.53. The van der Waals surface area contributed by atoms with Crippen molar-refractivity contribution in [2.75, 3.05) is 33.0 Å². The molecule has 2 N–H and O–H groups in total. The lowest BCUT2D eigenvalue weighted by Crippen LogP contribution is -2.68. The van der Waals surface area contributed by atoms with Gasteiger partial charge in [0.15, 0.2) is 0 Å². The Morgan fingerprint density at radius 2 is 1.20 bits per heavy atom. The average molecular weight is 764 g/mol. The third kappa shape index (κ3) is 10.2. The van der Waals surface area contributed by atoms with Gasteiger partial charge in [-0.3, -0.25) is 0 Å². The molecule has 2 saturated heterocycles. The van der Waals surface area contributed by atoms with Crippen LogP contribution in [0.3, 0.4) is 0 Å². The average Bonchev–Trinajstić information content (AvgIpc) is 3.21. The fraction of sp³-hybridized carbons (Fsp3) is 0.348. The van der Waals surface area contributed by atoms with Crippen LogP contribution in [0.4, 0.5) is 0 Å². The summed E-state index contributed by atoms with van der Waals surface area (Å²) in [7, 11) is 0. The first-order chi connectivity index (χ1) is 27.0. The van der Waals surface area contributed by atoms with E-state index in [0.29, 0.717) is 51.1 Å². The van der Waals surface area contributed by atoms with E-state index in [0.717, 1.165) is 39.1 Å². The molecule has 5 aromatic carbocycles. The summed E-state index contributed by atoms with van der Waals surface area (Å²) in [6.07, 6.45) is -1.87. The predicted octanol–water partition coefficient (Wildman–Crippen LogP) is 8.27. The second-order valence-corrected chi connectivity index (χ2v) is 14.6. The van der Waals surface area contributed by atoms with Crippen molar-refractivity contribution in [3.05, 3.63) is 172 Å². The van der Waals surface area contributed by atoms with Crippen LogP contribution in [-0.4, -0.2) is 63.0 Å². The van der Waals surface area contributed by atoms with Gasteiger partial charge in [0.05, 0.1) is 58.9 Å². The number of nitrogens with two attached hydrogens (primary N) is 1. The lowest BCUT2D eigenvalue weighted by molar-refractivity contribution is -0.326. The molecule has 288 valence electrons. The highest BCUT2D eigenvalue weighted by molar-refractivity contribution is 6.31. The normalized spacial score (nSPS) is 24.2. The minimum Gasteiger partial charge on any atom is -0.494 e. The van der Waals surface area contributed by atoms with Gasteiger partial charge in [0, 0.05) is 5.02 Å². The SMILES string of the molecule is CCOc1ccc(Cc2cc([C@@H]3OC4(COCC(N)COC4)[C@@H](OCc4ccccc4)[C@H](OCc4ccccc4)[C@H]3OCc3ccccc3)ccc2Cl)cc1. The van der Waals surface area contributed by atoms with Crippen LogP contribution >= 0.6 is 11.6 Å². The maximum atomic E-state index is 7.36. The van der Waals surface area contributed by atoms with Gasteiger partial charge in [-0.25, -0.2) is 0 Å². The van der Waals surface area contributed by atoms with Crippen LogP contribution < -0.4 is 10.5 Å². The second-order valence-electron chi connectivity index (χ2n) is 14.2. The van der Waals surface area contributed by atoms with Gasteiger partial charge in [-0.05, 0) is 64.9 Å². The van der Waals surface area contributed by atoms with E-state index in [1.165, 1.54) is 0 Å². The van der Waals surface area contributed by atoms with E-state index in [2.05, 4.69) is 42.5 Å². The zero-order chi connectivity index (χ0) is 37.9. The van der Waals surface area contributed by atoms with Crippen molar-refractivity contribution in [3.8, 4) is 5.75 Å². The van der Waals surface area contributed by atoms with Gasteiger partial charge < -0.3 is 38.9 Å². The summed E-state index contributed by atoms with van der Waals surface area (Å²) in [5.74, 6) is 0.834. The Bertz CT molecular complexity index is 1890. The van der Waals surface area contributed by atoms with Gasteiger partial charge >= 0.3 is 0 Å². The molecular weight excluding hydrogens is 714 g/mol. The molecule has 0 unspecified atom stereocenters. The maximum absolute atomic E-state index is 7.36. The van der Waals surface area contributed by atoms with E-state index in [9.17, 15) is 0 Å². The van der Waals surface area contributed by atoms with Crippen LogP contribution in [0.5, 0.6) is 5.75 Å². The van der Waals surface area contributed by atoms with Crippen LogP contribution in [-0.2, 0) is 54.7 Å². The van der Waals surface area contributed by atoms with E-state index >= 15 is 0 Å². The monoisotopic (exact) mass is 763 g/mol. The van der Waals surface area contributed by atoms with Crippen molar-refractivity contribution >= 4 is 11.6 Å². The van der Waals surface area contributed by atoms with Crippen molar-refractivity contribution in [1.82, 2.24) is 0 Å². The molecule has 2 aliphatic heterocycles. The molecule has 1 spiro atoms. The molecule has 5 aromatic rings. The number of hydrogen-bond acceptors (Lipinski definition) is 8. The van der Waals surface area contributed by atoms with Crippen molar-refractivity contribution in [2.45, 2.75) is 69.2 Å². The molecule has 0 amide bonds. The molecule has 2 fully saturated rings. The summed E-state index contributed by atoms with van der Waals surface area (Å²) in [5.41, 5.74) is 11.3. The fourth-order valence-electron chi connectivity index (χ4n) is 7.28. The Labute approximate surface area is 329 Å². The zero-order valence-corrected chi connectivity index (χ0v) is 32.0. The summed E-state index contributed by atoms with van der Waals surface area (Å²) in [5, 5.41) is 0.664. The summed E-state index contributed by atoms with van der Waals surface area (Å²) in [6.45, 7) is 4.58. The second kappa shape index (κ2) is 19.2. The molecule has 0 radical (unpaired) electrons. The van der Waals surface area contributed by atoms with E-state index in [1.807, 2.05) is 97.9 Å². The highest BCUT2D eigenvalue weighted by Crippen LogP contribution is 2.45. The first-order valence-electron chi connectivity index (χ1n) is 19.1. The smallest absolute Gasteiger partial charge is 0.144 e. The number of benzene rings is 5. The third-order valence-corrected chi connectivity index (χ3v) is 10.4. The molecule has 0 aromatic heterocycles. The Hall–Kier alpha value is -4.09. The molecule has 2 aliphatic rings. The van der Waals surface area contributed by atoms with E-state index in [1.54, 1.807) is 0 Å². The van der Waals surface area contributed by atoms with Crippen molar-refractivity contribution in [2.24, 2.45) is 5.73 Å². The molecule has 0 aliphatic carbocycles. The molecule has 0 bridgehead atoms. The summed E-state index contributed by atoms with van der Waals surface area (Å²) in [6, 6.07) is 44.3. The van der Waals surface area contributed by atoms with Gasteiger partial charge in [0.25, 0.3) is 0 Å². The van der Waals surface area contributed by atoms with Crippen LogP contribution in [0.2, 0.25) is 5.02 Å². The maximum Gasteiger partial charge on any atom is 0.144 e. The molecule has 0 saturated carbocycles. The standard InChI is InChI=1S/C46H50ClNO7/c1-2-51-40-21-18-33(19-22-40)24-38-25-37(20-23-41(38)47)42-43(52-26-34-12-6-3-7-13-34)44(53-27-35-14-8-4-9-15-35)45(54-28-36-16-10-5-11-17-36)46(55-42)31-49-29-39(48)30-50-32-46/h3-23,25,39,42-45H,2,24,26-32,48H2,1H3/t39?,42-,43-,44+,45-,46?/m0/s1. The fourth-order valence-corrected chi connectivity index (χ4v) is 7.46. The molecule has 2 heterocycles. The van der Waals surface area contributed by atoms with Gasteiger partial charge in [-0.2, -0.15) is 0 Å². The van der Waals surface area contributed by atoms with Gasteiger partial charge in [0.1, 0.15) is 35.8 Å². The zero-order valence-electron chi connectivity index (χ0n) is 31.3. The van der Waals surface area contributed by atoms with E-state index in [4.69, 9.17) is 50.5 Å².